The molecule has 1 aliphatic rings. The van der Waals surface area contributed by atoms with Crippen molar-refractivity contribution in [3.63, 3.8) is 0 Å². The number of fused-ring (bicyclic) bond motifs is 1. The quantitative estimate of drug-likeness (QED) is 0.479. The van der Waals surface area contributed by atoms with Gasteiger partial charge in [0.15, 0.2) is 5.65 Å². The molecule has 0 N–H and O–H groups in total. The lowest BCUT2D eigenvalue weighted by Gasteiger charge is -2.32. The maximum atomic E-state index is 13.0. The van der Waals surface area contributed by atoms with E-state index in [2.05, 4.69) is 15.2 Å². The molecule has 1 atom stereocenters. The number of carbonyl (C=O) groups excluding carboxylic acids is 1. The molecule has 1 saturated heterocycles. The standard InChI is InChI=1S/C23H23N5O2S/c1-30-19-9-7-16(8-10-19)23-24-18(15-31-23)13-21(29)27-11-4-5-17(14-27)22-26-25-20-6-2-3-12-28(20)22/h2-3,6-10,12,15,17H,4-5,11,13-14H2,1H3. The number of hydrogen-bond acceptors (Lipinski definition) is 6. The van der Waals surface area contributed by atoms with Crippen molar-refractivity contribution in [2.45, 2.75) is 25.2 Å². The number of methoxy groups -OCH3 is 1. The van der Waals surface area contributed by atoms with Gasteiger partial charge in [0.1, 0.15) is 16.6 Å². The van der Waals surface area contributed by atoms with Gasteiger partial charge in [-0.3, -0.25) is 9.20 Å². The molecule has 4 heterocycles. The van der Waals surface area contributed by atoms with Crippen molar-refractivity contribution < 1.29 is 9.53 Å². The van der Waals surface area contributed by atoms with Crippen molar-refractivity contribution in [1.29, 1.82) is 0 Å². The third kappa shape index (κ3) is 4.03. The van der Waals surface area contributed by atoms with Gasteiger partial charge in [-0.15, -0.1) is 21.5 Å². The maximum absolute atomic E-state index is 13.0. The maximum Gasteiger partial charge on any atom is 0.228 e. The summed E-state index contributed by atoms with van der Waals surface area (Å²) in [5.41, 5.74) is 2.69. The van der Waals surface area contributed by atoms with E-state index in [1.165, 1.54) is 0 Å². The molecule has 1 unspecified atom stereocenters. The van der Waals surface area contributed by atoms with Crippen LogP contribution in [0.1, 0.15) is 30.3 Å². The monoisotopic (exact) mass is 433 g/mol. The second-order valence-corrected chi connectivity index (χ2v) is 8.57. The lowest BCUT2D eigenvalue weighted by Crippen LogP contribution is -2.40. The molecule has 3 aromatic heterocycles. The van der Waals surface area contributed by atoms with E-state index in [0.29, 0.717) is 13.0 Å². The summed E-state index contributed by atoms with van der Waals surface area (Å²) in [5, 5.41) is 11.6. The van der Waals surface area contributed by atoms with Crippen molar-refractivity contribution in [3.05, 3.63) is 65.6 Å². The molecule has 1 fully saturated rings. The molecule has 0 bridgehead atoms. The van der Waals surface area contributed by atoms with Gasteiger partial charge in [0.05, 0.1) is 19.2 Å². The van der Waals surface area contributed by atoms with Crippen LogP contribution in [0, 0.1) is 0 Å². The van der Waals surface area contributed by atoms with E-state index >= 15 is 0 Å². The number of hydrogen-bond donors (Lipinski definition) is 0. The average Bonchev–Trinajstić information content (AvgIpc) is 3.46. The van der Waals surface area contributed by atoms with E-state index in [1.807, 2.05) is 63.3 Å². The van der Waals surface area contributed by atoms with Crippen LogP contribution in [0.15, 0.2) is 54.0 Å². The molecule has 8 heteroatoms. The summed E-state index contributed by atoms with van der Waals surface area (Å²) in [7, 11) is 1.65. The van der Waals surface area contributed by atoms with E-state index in [1.54, 1.807) is 18.4 Å². The number of carbonyl (C=O) groups is 1. The third-order valence-electron chi connectivity index (χ3n) is 5.70. The topological polar surface area (TPSA) is 72.6 Å². The van der Waals surface area contributed by atoms with E-state index < -0.39 is 0 Å². The molecule has 1 aliphatic heterocycles. The third-order valence-corrected chi connectivity index (χ3v) is 6.64. The summed E-state index contributed by atoms with van der Waals surface area (Å²) in [6.45, 7) is 1.45. The van der Waals surface area contributed by atoms with E-state index in [4.69, 9.17) is 4.74 Å². The van der Waals surface area contributed by atoms with E-state index in [0.717, 1.165) is 52.9 Å². The van der Waals surface area contributed by atoms with Gasteiger partial charge in [0.2, 0.25) is 5.91 Å². The molecule has 0 saturated carbocycles. The Bertz CT molecular complexity index is 1200. The summed E-state index contributed by atoms with van der Waals surface area (Å²) in [5.74, 6) is 2.06. The highest BCUT2D eigenvalue weighted by atomic mass is 32.1. The van der Waals surface area contributed by atoms with Gasteiger partial charge in [-0.05, 0) is 49.2 Å². The van der Waals surface area contributed by atoms with Crippen molar-refractivity contribution in [3.8, 4) is 16.3 Å². The van der Waals surface area contributed by atoms with Crippen molar-refractivity contribution in [1.82, 2.24) is 24.5 Å². The predicted octanol–water partition coefficient (Wildman–Crippen LogP) is 3.81. The highest BCUT2D eigenvalue weighted by Crippen LogP contribution is 2.28. The number of rotatable bonds is 5. The number of aromatic nitrogens is 4. The van der Waals surface area contributed by atoms with Crippen molar-refractivity contribution in [2.24, 2.45) is 0 Å². The normalized spacial score (nSPS) is 16.5. The smallest absolute Gasteiger partial charge is 0.228 e. The zero-order valence-electron chi connectivity index (χ0n) is 17.3. The minimum atomic E-state index is 0.116. The number of thiazole rings is 1. The number of amides is 1. The first kappa shape index (κ1) is 19.7. The lowest BCUT2D eigenvalue weighted by molar-refractivity contribution is -0.131. The van der Waals surface area contributed by atoms with Gasteiger partial charge in [-0.1, -0.05) is 6.07 Å². The summed E-state index contributed by atoms with van der Waals surface area (Å²) < 4.78 is 7.24. The number of benzene rings is 1. The van der Waals surface area contributed by atoms with Crippen LogP contribution in [-0.2, 0) is 11.2 Å². The van der Waals surface area contributed by atoms with Gasteiger partial charge in [-0.2, -0.15) is 0 Å². The highest BCUT2D eigenvalue weighted by molar-refractivity contribution is 7.13. The highest BCUT2D eigenvalue weighted by Gasteiger charge is 2.28. The van der Waals surface area contributed by atoms with Crippen LogP contribution < -0.4 is 4.74 Å². The molecule has 1 amide bonds. The summed E-state index contributed by atoms with van der Waals surface area (Å²) in [6.07, 6.45) is 4.28. The summed E-state index contributed by atoms with van der Waals surface area (Å²) in [6, 6.07) is 13.7. The van der Waals surface area contributed by atoms with Crippen molar-refractivity contribution >= 4 is 22.9 Å². The van der Waals surface area contributed by atoms with Gasteiger partial charge in [-0.25, -0.2) is 4.98 Å². The molecule has 4 aromatic rings. The lowest BCUT2D eigenvalue weighted by atomic mass is 9.97. The van der Waals surface area contributed by atoms with Gasteiger partial charge in [0, 0.05) is 36.1 Å². The summed E-state index contributed by atoms with van der Waals surface area (Å²) in [4.78, 5) is 19.6. The van der Waals surface area contributed by atoms with Crippen LogP contribution in [0.5, 0.6) is 5.75 Å². The summed E-state index contributed by atoms with van der Waals surface area (Å²) >= 11 is 1.56. The van der Waals surface area contributed by atoms with Crippen LogP contribution in [0.3, 0.4) is 0 Å². The molecule has 7 nitrogen and oxygen atoms in total. The fourth-order valence-electron chi connectivity index (χ4n) is 4.07. The predicted molar refractivity (Wildman–Crippen MR) is 119 cm³/mol. The number of likely N-dealkylation sites (tertiary alicyclic amines) is 1. The van der Waals surface area contributed by atoms with Crippen molar-refractivity contribution in [2.75, 3.05) is 20.2 Å². The molecule has 0 aliphatic carbocycles. The molecule has 1 aromatic carbocycles. The number of piperidine rings is 1. The Labute approximate surface area is 184 Å². The van der Waals surface area contributed by atoms with Gasteiger partial charge >= 0.3 is 0 Å². The second-order valence-electron chi connectivity index (χ2n) is 7.72. The van der Waals surface area contributed by atoms with E-state index in [9.17, 15) is 4.79 Å². The van der Waals surface area contributed by atoms with Gasteiger partial charge in [0.25, 0.3) is 0 Å². The largest absolute Gasteiger partial charge is 0.497 e. The van der Waals surface area contributed by atoms with Gasteiger partial charge < -0.3 is 9.64 Å². The molecular weight excluding hydrogens is 410 g/mol. The fourth-order valence-corrected chi connectivity index (χ4v) is 4.90. The Morgan fingerprint density at radius 3 is 2.90 bits per heavy atom. The minimum absolute atomic E-state index is 0.116. The molecule has 31 heavy (non-hydrogen) atoms. The van der Waals surface area contributed by atoms with Crippen LogP contribution >= 0.6 is 11.3 Å². The Morgan fingerprint density at radius 1 is 1.19 bits per heavy atom. The average molecular weight is 434 g/mol. The number of nitrogens with zero attached hydrogens (tertiary/aromatic N) is 5. The Kier molecular flexibility index (Phi) is 5.38. The first-order valence-electron chi connectivity index (χ1n) is 10.4. The Morgan fingerprint density at radius 2 is 2.06 bits per heavy atom. The number of pyridine rings is 1. The van der Waals surface area contributed by atoms with Crippen LogP contribution in [0.4, 0.5) is 0 Å². The molecule has 0 spiro atoms. The second kappa shape index (κ2) is 8.47. The molecule has 158 valence electrons. The zero-order chi connectivity index (χ0) is 21.2. The minimum Gasteiger partial charge on any atom is -0.497 e. The first-order chi connectivity index (χ1) is 15.2. The molecule has 0 radical (unpaired) electrons. The fraction of sp³-hybridized carbons (Fsp3) is 0.304. The molecule has 5 rings (SSSR count). The first-order valence-corrected chi connectivity index (χ1v) is 11.3. The Balaban J connectivity index is 1.26. The van der Waals surface area contributed by atoms with E-state index in [-0.39, 0.29) is 11.8 Å². The Hall–Kier alpha value is -3.26. The number of ether oxygens (including phenoxy) is 1. The van der Waals surface area contributed by atoms with Crippen LogP contribution in [0.25, 0.3) is 16.2 Å². The molecular formula is C23H23N5O2S. The van der Waals surface area contributed by atoms with Crippen LogP contribution in [-0.4, -0.2) is 50.6 Å². The zero-order valence-corrected chi connectivity index (χ0v) is 18.1. The SMILES string of the molecule is COc1ccc(-c2nc(CC(=O)N3CCCC(c4nnc5ccccn45)C3)cs2)cc1. The van der Waals surface area contributed by atoms with Crippen LogP contribution in [0.2, 0.25) is 0 Å².